The molecular formula is C20H18BrN4O4S+. The Hall–Kier alpha value is -2.85. The molecule has 0 fully saturated rings. The van der Waals surface area contributed by atoms with Gasteiger partial charge in [-0.1, -0.05) is 46.7 Å². The lowest BCUT2D eigenvalue weighted by Gasteiger charge is -2.23. The monoisotopic (exact) mass is 489 g/mol. The van der Waals surface area contributed by atoms with E-state index in [1.54, 1.807) is 16.8 Å². The van der Waals surface area contributed by atoms with Gasteiger partial charge in [-0.05, 0) is 40.8 Å². The molecule has 2 heterocycles. The average Bonchev–Trinajstić information content (AvgIpc) is 2.72. The number of aliphatic carboxylic acids is 1. The molecule has 1 aromatic heterocycles. The number of nitrogens with one attached hydrogen (secondary N) is 2. The number of aromatic nitrogens is 3. The molecule has 1 aliphatic rings. The first kappa shape index (κ1) is 20.4. The molecule has 0 bridgehead atoms. The zero-order valence-corrected chi connectivity index (χ0v) is 18.3. The van der Waals surface area contributed by atoms with Crippen LogP contribution in [0.3, 0.4) is 0 Å². The largest absolute Gasteiger partial charge is 0.481 e. The highest BCUT2D eigenvalue weighted by molar-refractivity contribution is 9.10. The van der Waals surface area contributed by atoms with E-state index in [1.807, 2.05) is 37.3 Å². The van der Waals surface area contributed by atoms with Crippen molar-refractivity contribution in [2.45, 2.75) is 18.2 Å². The van der Waals surface area contributed by atoms with Crippen molar-refractivity contribution in [1.82, 2.24) is 10.1 Å². The van der Waals surface area contributed by atoms with Crippen LogP contribution in [0.4, 0.5) is 5.69 Å². The second kappa shape index (κ2) is 8.49. The van der Waals surface area contributed by atoms with Gasteiger partial charge in [-0.3, -0.25) is 9.78 Å². The molecule has 2 aromatic carbocycles. The van der Waals surface area contributed by atoms with E-state index in [1.165, 1.54) is 11.8 Å². The van der Waals surface area contributed by atoms with Gasteiger partial charge in [-0.15, -0.1) is 0 Å². The minimum Gasteiger partial charge on any atom is -0.481 e. The summed E-state index contributed by atoms with van der Waals surface area (Å²) < 4.78 is 7.97. The molecule has 3 N–H and O–H groups in total. The number of carboxylic acids is 1. The summed E-state index contributed by atoms with van der Waals surface area (Å²) in [5, 5.41) is 17.6. The topological polar surface area (TPSA) is 108 Å². The molecule has 0 aliphatic carbocycles. The van der Waals surface area contributed by atoms with Crippen molar-refractivity contribution in [1.29, 1.82) is 0 Å². The number of fused-ring (bicyclic) bond motifs is 3. The van der Waals surface area contributed by atoms with Gasteiger partial charge in [-0.2, -0.15) is 0 Å². The number of ether oxygens (including phenoxy) is 1. The second-order valence-electron chi connectivity index (χ2n) is 6.44. The second-order valence-corrected chi connectivity index (χ2v) is 8.61. The van der Waals surface area contributed by atoms with Crippen LogP contribution in [0.2, 0.25) is 0 Å². The van der Waals surface area contributed by atoms with Crippen LogP contribution < -0.4 is 20.3 Å². The van der Waals surface area contributed by atoms with Gasteiger partial charge < -0.3 is 15.2 Å². The molecule has 30 heavy (non-hydrogen) atoms. The van der Waals surface area contributed by atoms with Crippen LogP contribution in [0, 0.1) is 0 Å². The highest BCUT2D eigenvalue weighted by Crippen LogP contribution is 2.36. The number of hydrogen-bond acceptors (Lipinski definition) is 6. The number of aromatic amines is 1. The Morgan fingerprint density at radius 1 is 1.33 bits per heavy atom. The van der Waals surface area contributed by atoms with E-state index >= 15 is 0 Å². The van der Waals surface area contributed by atoms with Crippen LogP contribution in [0.25, 0.3) is 11.3 Å². The Labute approximate surface area is 184 Å². The van der Waals surface area contributed by atoms with Gasteiger partial charge in [0.2, 0.25) is 5.16 Å². The van der Waals surface area contributed by atoms with E-state index in [4.69, 9.17) is 9.84 Å². The normalized spacial score (nSPS) is 14.4. The van der Waals surface area contributed by atoms with E-state index in [0.717, 1.165) is 15.9 Å². The van der Waals surface area contributed by atoms with Crippen LogP contribution in [0.15, 0.2) is 56.9 Å². The van der Waals surface area contributed by atoms with E-state index in [9.17, 15) is 9.59 Å². The summed E-state index contributed by atoms with van der Waals surface area (Å²) in [6.45, 7) is 1.51. The molecule has 10 heteroatoms. The number of anilines is 1. The Morgan fingerprint density at radius 3 is 2.90 bits per heavy atom. The van der Waals surface area contributed by atoms with Crippen molar-refractivity contribution in [3.8, 4) is 17.0 Å². The number of halogens is 1. The average molecular weight is 490 g/mol. The number of nitrogens with zero attached hydrogens (tertiary/aromatic N) is 2. The molecular weight excluding hydrogens is 472 g/mol. The first-order chi connectivity index (χ1) is 14.5. The van der Waals surface area contributed by atoms with E-state index in [-0.39, 0.29) is 5.56 Å². The number of hydrogen-bond donors (Lipinski definition) is 3. The Morgan fingerprint density at radius 2 is 2.13 bits per heavy atom. The van der Waals surface area contributed by atoms with Crippen LogP contribution in [-0.2, 0) is 4.79 Å². The SMILES string of the molecule is CCSc1n[n+]2c(c(=O)[nH]1)-c1cc(Br)ccc1N[C@H]2c1ccccc1OCC(=O)O. The molecule has 3 aromatic rings. The van der Waals surface area contributed by atoms with Crippen molar-refractivity contribution in [3.05, 3.63) is 62.9 Å². The van der Waals surface area contributed by atoms with Crippen molar-refractivity contribution in [3.63, 3.8) is 0 Å². The minimum atomic E-state index is -1.07. The Kier molecular flexibility index (Phi) is 5.78. The molecule has 0 unspecified atom stereocenters. The Bertz CT molecular complexity index is 1180. The van der Waals surface area contributed by atoms with Gasteiger partial charge in [0.25, 0.3) is 6.17 Å². The van der Waals surface area contributed by atoms with E-state index < -0.39 is 18.7 Å². The third kappa shape index (κ3) is 3.92. The molecule has 0 spiro atoms. The highest BCUT2D eigenvalue weighted by atomic mass is 79.9. The summed E-state index contributed by atoms with van der Waals surface area (Å²) in [5.74, 6) is 0.0879. The van der Waals surface area contributed by atoms with Crippen molar-refractivity contribution in [2.75, 3.05) is 17.7 Å². The first-order valence-corrected chi connectivity index (χ1v) is 10.9. The quantitative estimate of drug-likeness (QED) is 0.360. The van der Waals surface area contributed by atoms with Crippen molar-refractivity contribution >= 4 is 39.3 Å². The molecule has 154 valence electrons. The summed E-state index contributed by atoms with van der Waals surface area (Å²) >= 11 is 4.89. The lowest BCUT2D eigenvalue weighted by molar-refractivity contribution is -0.759. The molecule has 1 atom stereocenters. The molecule has 0 radical (unpaired) electrons. The number of thioether (sulfide) groups is 1. The fraction of sp³-hybridized carbons (Fsp3) is 0.200. The van der Waals surface area contributed by atoms with E-state index in [0.29, 0.717) is 27.7 Å². The molecule has 4 rings (SSSR count). The molecule has 0 saturated heterocycles. The van der Waals surface area contributed by atoms with Crippen molar-refractivity contribution < 1.29 is 19.3 Å². The molecule has 0 saturated carbocycles. The molecule has 8 nitrogen and oxygen atoms in total. The van der Waals surface area contributed by atoms with Gasteiger partial charge in [0.05, 0.1) is 16.8 Å². The lowest BCUT2D eigenvalue weighted by Crippen LogP contribution is -2.55. The standard InChI is InChI=1S/C20H17BrN4O4S/c1-2-30-20-23-19(28)17-13-9-11(21)7-8-14(13)22-18(25(17)24-20)12-5-3-4-6-15(12)29-10-16(26)27/h3-9,18H,2,10H2,1H3,(H2,23,24,26,27,28)/p+1/t18-/m1/s1. The predicted octanol–water partition coefficient (Wildman–Crippen LogP) is 3.03. The Balaban J connectivity index is 1.91. The number of benzene rings is 2. The summed E-state index contributed by atoms with van der Waals surface area (Å²) in [6.07, 6.45) is -0.558. The van der Waals surface area contributed by atoms with Crippen LogP contribution in [0.5, 0.6) is 5.75 Å². The maximum absolute atomic E-state index is 13.0. The third-order valence-electron chi connectivity index (χ3n) is 4.48. The number of carboxylic acid groups (broad SMARTS) is 1. The summed E-state index contributed by atoms with van der Waals surface area (Å²) in [7, 11) is 0. The van der Waals surface area contributed by atoms with E-state index in [2.05, 4.69) is 31.3 Å². The molecule has 0 amide bonds. The fourth-order valence-electron chi connectivity index (χ4n) is 3.30. The maximum atomic E-state index is 13.0. The lowest BCUT2D eigenvalue weighted by atomic mass is 10.0. The van der Waals surface area contributed by atoms with Gasteiger partial charge in [0, 0.05) is 9.57 Å². The summed E-state index contributed by atoms with van der Waals surface area (Å²) in [6, 6.07) is 12.7. The molecule has 1 aliphatic heterocycles. The van der Waals surface area contributed by atoms with Crippen LogP contribution in [0.1, 0.15) is 18.7 Å². The smallest absolute Gasteiger partial charge is 0.341 e. The predicted molar refractivity (Wildman–Crippen MR) is 116 cm³/mol. The minimum absolute atomic E-state index is 0.254. The number of rotatable bonds is 6. The zero-order chi connectivity index (χ0) is 21.3. The van der Waals surface area contributed by atoms with Gasteiger partial charge in [-0.25, -0.2) is 4.79 Å². The maximum Gasteiger partial charge on any atom is 0.341 e. The number of carbonyl (C=O) groups is 1. The van der Waals surface area contributed by atoms with Gasteiger partial charge in [0.1, 0.15) is 5.75 Å². The van der Waals surface area contributed by atoms with Crippen molar-refractivity contribution in [2.24, 2.45) is 0 Å². The van der Waals surface area contributed by atoms with Crippen LogP contribution >= 0.6 is 27.7 Å². The first-order valence-electron chi connectivity index (χ1n) is 9.17. The van der Waals surface area contributed by atoms with Gasteiger partial charge in [0.15, 0.2) is 6.61 Å². The zero-order valence-electron chi connectivity index (χ0n) is 15.9. The summed E-state index contributed by atoms with van der Waals surface area (Å²) in [5.41, 5.74) is 2.30. The van der Waals surface area contributed by atoms with Gasteiger partial charge >= 0.3 is 17.2 Å². The van der Waals surface area contributed by atoms with Crippen LogP contribution in [-0.4, -0.2) is 33.5 Å². The number of H-pyrrole nitrogens is 1. The summed E-state index contributed by atoms with van der Waals surface area (Å²) in [4.78, 5) is 26.9. The highest BCUT2D eigenvalue weighted by Gasteiger charge is 2.39. The number of para-hydroxylation sites is 1. The third-order valence-corrected chi connectivity index (χ3v) is 5.72. The fourth-order valence-corrected chi connectivity index (χ4v) is 4.25.